The van der Waals surface area contributed by atoms with Crippen LogP contribution in [0.5, 0.6) is 0 Å². The average Bonchev–Trinajstić information content (AvgIpc) is 2.57. The number of piperidine rings is 1. The van der Waals surface area contributed by atoms with E-state index in [-0.39, 0.29) is 36.3 Å². The van der Waals surface area contributed by atoms with Gasteiger partial charge >= 0.3 is 5.97 Å². The van der Waals surface area contributed by atoms with Gasteiger partial charge in [-0.05, 0) is 44.0 Å². The maximum atomic E-state index is 13.0. The Bertz CT molecular complexity index is 562. The normalized spacial score (nSPS) is 19.5. The molecule has 0 saturated carbocycles. The van der Waals surface area contributed by atoms with Gasteiger partial charge in [0.05, 0.1) is 26.1 Å². The van der Waals surface area contributed by atoms with E-state index in [1.807, 2.05) is 11.8 Å². The van der Waals surface area contributed by atoms with Crippen molar-refractivity contribution in [2.75, 3.05) is 20.2 Å². The van der Waals surface area contributed by atoms with Crippen molar-refractivity contribution in [2.24, 2.45) is 0 Å². The lowest BCUT2D eigenvalue weighted by atomic mass is 9.99. The second-order valence-electron chi connectivity index (χ2n) is 6.24. The lowest BCUT2D eigenvalue weighted by molar-refractivity contribution is -0.143. The van der Waals surface area contributed by atoms with Crippen LogP contribution >= 0.6 is 0 Å². The third kappa shape index (κ3) is 5.30. The number of amides is 1. The molecule has 132 valence electrons. The molecule has 1 aromatic rings. The molecule has 2 atom stereocenters. The second-order valence-corrected chi connectivity index (χ2v) is 6.24. The highest BCUT2D eigenvalue weighted by molar-refractivity contribution is 5.78. The molecule has 0 spiro atoms. The van der Waals surface area contributed by atoms with Crippen LogP contribution in [-0.4, -0.2) is 43.0 Å². The Morgan fingerprint density at radius 1 is 1.33 bits per heavy atom. The minimum Gasteiger partial charge on any atom is -0.469 e. The number of benzene rings is 1. The fourth-order valence-electron chi connectivity index (χ4n) is 3.08. The van der Waals surface area contributed by atoms with Gasteiger partial charge in [0.25, 0.3) is 0 Å². The van der Waals surface area contributed by atoms with Crippen LogP contribution in [0.3, 0.4) is 0 Å². The Kier molecular flexibility index (Phi) is 6.73. The Hall–Kier alpha value is -1.95. The van der Waals surface area contributed by atoms with Gasteiger partial charge in [-0.25, -0.2) is 4.39 Å². The van der Waals surface area contributed by atoms with Crippen LogP contribution in [0, 0.1) is 5.82 Å². The fraction of sp³-hybridized carbons (Fsp3) is 0.556. The number of carbonyl (C=O) groups excluding carboxylic acids is 2. The van der Waals surface area contributed by atoms with Crippen molar-refractivity contribution in [3.63, 3.8) is 0 Å². The molecule has 0 radical (unpaired) electrons. The van der Waals surface area contributed by atoms with E-state index >= 15 is 0 Å². The zero-order chi connectivity index (χ0) is 17.5. The molecule has 0 bridgehead atoms. The van der Waals surface area contributed by atoms with Crippen LogP contribution in [0.1, 0.15) is 44.2 Å². The van der Waals surface area contributed by atoms with Crippen LogP contribution in [0.15, 0.2) is 24.3 Å². The average molecular weight is 336 g/mol. The second kappa shape index (κ2) is 8.78. The summed E-state index contributed by atoms with van der Waals surface area (Å²) < 4.78 is 17.7. The van der Waals surface area contributed by atoms with E-state index in [4.69, 9.17) is 4.74 Å². The third-order valence-corrected chi connectivity index (χ3v) is 4.47. The summed E-state index contributed by atoms with van der Waals surface area (Å²) in [4.78, 5) is 25.9. The lowest BCUT2D eigenvalue weighted by Crippen LogP contribution is -2.46. The summed E-state index contributed by atoms with van der Waals surface area (Å²) in [7, 11) is 1.38. The van der Waals surface area contributed by atoms with Crippen LogP contribution in [0.2, 0.25) is 0 Å². The number of likely N-dealkylation sites (tertiary alicyclic amines) is 1. The van der Waals surface area contributed by atoms with Crippen molar-refractivity contribution in [2.45, 2.75) is 44.7 Å². The number of rotatable bonds is 6. The van der Waals surface area contributed by atoms with E-state index in [0.29, 0.717) is 6.42 Å². The van der Waals surface area contributed by atoms with E-state index in [2.05, 4.69) is 5.32 Å². The van der Waals surface area contributed by atoms with Crippen molar-refractivity contribution >= 4 is 11.9 Å². The van der Waals surface area contributed by atoms with Crippen molar-refractivity contribution in [1.82, 2.24) is 10.2 Å². The standard InChI is InChI=1S/C18H25FN2O3/c1-13(14-6-8-15(19)9-7-14)20-17(22)12-21-10-4-3-5-16(21)11-18(23)24-2/h6-9,13,16H,3-5,10-12H2,1-2H3,(H,20,22)/t13-,16-/m1/s1. The maximum Gasteiger partial charge on any atom is 0.307 e. The van der Waals surface area contributed by atoms with Crippen molar-refractivity contribution < 1.29 is 18.7 Å². The summed E-state index contributed by atoms with van der Waals surface area (Å²) in [6.45, 7) is 2.93. The van der Waals surface area contributed by atoms with Gasteiger partial charge in [-0.1, -0.05) is 18.6 Å². The Labute approximate surface area is 142 Å². The predicted octanol–water partition coefficient (Wildman–Crippen LogP) is 2.42. The first kappa shape index (κ1) is 18.4. The van der Waals surface area contributed by atoms with E-state index in [1.165, 1.54) is 19.2 Å². The number of nitrogens with zero attached hydrogens (tertiary/aromatic N) is 1. The zero-order valence-corrected chi connectivity index (χ0v) is 14.3. The van der Waals surface area contributed by atoms with E-state index in [9.17, 15) is 14.0 Å². The molecule has 1 N–H and O–H groups in total. The molecule has 0 aliphatic carbocycles. The molecule has 6 heteroatoms. The lowest BCUT2D eigenvalue weighted by Gasteiger charge is -2.34. The van der Waals surface area contributed by atoms with Gasteiger partial charge in [0, 0.05) is 6.04 Å². The summed E-state index contributed by atoms with van der Waals surface area (Å²) in [6, 6.07) is 5.96. The van der Waals surface area contributed by atoms with Crippen molar-refractivity contribution in [3.8, 4) is 0 Å². The topological polar surface area (TPSA) is 58.6 Å². The number of nitrogens with one attached hydrogen (secondary N) is 1. The molecule has 0 unspecified atom stereocenters. The van der Waals surface area contributed by atoms with Crippen molar-refractivity contribution in [1.29, 1.82) is 0 Å². The predicted molar refractivity (Wildman–Crippen MR) is 88.8 cm³/mol. The minimum atomic E-state index is -0.295. The number of carbonyl (C=O) groups is 2. The number of ether oxygens (including phenoxy) is 1. The van der Waals surface area contributed by atoms with Crippen LogP contribution < -0.4 is 5.32 Å². The molecule has 1 amide bonds. The summed E-state index contributed by atoms with van der Waals surface area (Å²) in [5, 5.41) is 2.93. The van der Waals surface area contributed by atoms with E-state index in [1.54, 1.807) is 12.1 Å². The zero-order valence-electron chi connectivity index (χ0n) is 14.3. The molecule has 5 nitrogen and oxygen atoms in total. The number of methoxy groups -OCH3 is 1. The Morgan fingerprint density at radius 3 is 2.71 bits per heavy atom. The van der Waals surface area contributed by atoms with Gasteiger partial charge in [-0.15, -0.1) is 0 Å². The van der Waals surface area contributed by atoms with Gasteiger partial charge in [0.2, 0.25) is 5.91 Å². The first-order valence-electron chi connectivity index (χ1n) is 8.35. The van der Waals surface area contributed by atoms with Gasteiger partial charge in [0.15, 0.2) is 0 Å². The van der Waals surface area contributed by atoms with Gasteiger partial charge in [0.1, 0.15) is 5.82 Å². The molecule has 1 aromatic carbocycles. The van der Waals surface area contributed by atoms with E-state index < -0.39 is 0 Å². The SMILES string of the molecule is COC(=O)C[C@H]1CCCCN1CC(=O)N[C@H](C)c1ccc(F)cc1. The van der Waals surface area contributed by atoms with Gasteiger partial charge < -0.3 is 10.1 Å². The van der Waals surface area contributed by atoms with Gasteiger partial charge in [-0.3, -0.25) is 14.5 Å². The molecular weight excluding hydrogens is 311 g/mol. The summed E-state index contributed by atoms with van der Waals surface area (Å²) >= 11 is 0. The largest absolute Gasteiger partial charge is 0.469 e. The molecule has 1 aliphatic heterocycles. The highest BCUT2D eigenvalue weighted by atomic mass is 19.1. The van der Waals surface area contributed by atoms with Crippen LogP contribution in [0.25, 0.3) is 0 Å². The molecule has 0 aromatic heterocycles. The van der Waals surface area contributed by atoms with Crippen LogP contribution in [-0.2, 0) is 14.3 Å². The smallest absolute Gasteiger partial charge is 0.307 e. The molecule has 1 heterocycles. The maximum absolute atomic E-state index is 13.0. The molecule has 1 aliphatic rings. The first-order valence-corrected chi connectivity index (χ1v) is 8.35. The highest BCUT2D eigenvalue weighted by Gasteiger charge is 2.27. The quantitative estimate of drug-likeness (QED) is 0.811. The van der Waals surface area contributed by atoms with E-state index in [0.717, 1.165) is 31.4 Å². The van der Waals surface area contributed by atoms with Crippen molar-refractivity contribution in [3.05, 3.63) is 35.6 Å². The Morgan fingerprint density at radius 2 is 2.04 bits per heavy atom. The number of hydrogen-bond acceptors (Lipinski definition) is 4. The molecular formula is C18H25FN2O3. The molecule has 24 heavy (non-hydrogen) atoms. The monoisotopic (exact) mass is 336 g/mol. The number of hydrogen-bond donors (Lipinski definition) is 1. The third-order valence-electron chi connectivity index (χ3n) is 4.47. The number of halogens is 1. The first-order chi connectivity index (χ1) is 11.5. The summed E-state index contributed by atoms with van der Waals surface area (Å²) in [5.41, 5.74) is 0.856. The minimum absolute atomic E-state index is 0.0538. The fourth-order valence-corrected chi connectivity index (χ4v) is 3.08. The summed E-state index contributed by atoms with van der Waals surface area (Å²) in [5.74, 6) is -0.633. The molecule has 1 saturated heterocycles. The molecule has 1 fully saturated rings. The highest BCUT2D eigenvalue weighted by Crippen LogP contribution is 2.20. The van der Waals surface area contributed by atoms with Gasteiger partial charge in [-0.2, -0.15) is 0 Å². The number of esters is 1. The molecule has 2 rings (SSSR count). The summed E-state index contributed by atoms with van der Waals surface area (Å²) in [6.07, 6.45) is 3.30. The van der Waals surface area contributed by atoms with Crippen LogP contribution in [0.4, 0.5) is 4.39 Å². The Balaban J connectivity index is 1.89.